The molecule has 0 spiro atoms. The van der Waals surface area contributed by atoms with E-state index >= 15 is 0 Å². The number of nitrogens with zero attached hydrogens (tertiary/aromatic N) is 1. The predicted octanol–water partition coefficient (Wildman–Crippen LogP) is 2.47. The molecule has 0 bridgehead atoms. The molecule has 0 fully saturated rings. The zero-order valence-corrected chi connectivity index (χ0v) is 10.4. The summed E-state index contributed by atoms with van der Waals surface area (Å²) in [5, 5.41) is 3.24. The minimum absolute atomic E-state index is 0.521. The Morgan fingerprint density at radius 2 is 2.00 bits per heavy atom. The molecule has 0 aliphatic rings. The van der Waals surface area contributed by atoms with Crippen LogP contribution in [0.2, 0.25) is 0 Å². The molecule has 94 valence electrons. The van der Waals surface area contributed by atoms with Crippen LogP contribution in [0.15, 0.2) is 42.6 Å². The van der Waals surface area contributed by atoms with E-state index in [1.54, 1.807) is 6.20 Å². The largest absolute Gasteiger partial charge is 0.492 e. The maximum atomic E-state index is 5.41. The van der Waals surface area contributed by atoms with Gasteiger partial charge in [-0.1, -0.05) is 0 Å². The van der Waals surface area contributed by atoms with Gasteiger partial charge in [0.25, 0.3) is 0 Å². The third kappa shape index (κ3) is 3.46. The van der Waals surface area contributed by atoms with Crippen molar-refractivity contribution in [3.63, 3.8) is 0 Å². The van der Waals surface area contributed by atoms with Gasteiger partial charge in [-0.05, 0) is 48.9 Å². The van der Waals surface area contributed by atoms with Crippen molar-refractivity contribution >= 4 is 11.5 Å². The Labute approximate surface area is 107 Å². The van der Waals surface area contributed by atoms with Crippen molar-refractivity contribution in [2.45, 2.75) is 6.92 Å². The van der Waals surface area contributed by atoms with Gasteiger partial charge in [-0.2, -0.15) is 0 Å². The molecule has 0 unspecified atom stereocenters. The zero-order chi connectivity index (χ0) is 12.8. The second-order valence-electron chi connectivity index (χ2n) is 4.00. The number of hydrogen-bond donors (Lipinski definition) is 2. The third-order valence-electron chi connectivity index (χ3n) is 2.43. The lowest BCUT2D eigenvalue weighted by molar-refractivity contribution is 0.328. The first-order chi connectivity index (χ1) is 8.78. The molecule has 0 saturated heterocycles. The molecule has 4 nitrogen and oxygen atoms in total. The van der Waals surface area contributed by atoms with Crippen LogP contribution in [-0.4, -0.2) is 18.1 Å². The highest BCUT2D eigenvalue weighted by Crippen LogP contribution is 2.19. The molecule has 18 heavy (non-hydrogen) atoms. The fourth-order valence-electron chi connectivity index (χ4n) is 1.56. The van der Waals surface area contributed by atoms with Crippen molar-refractivity contribution in [3.05, 3.63) is 48.2 Å². The van der Waals surface area contributed by atoms with Crippen LogP contribution in [0.25, 0.3) is 0 Å². The van der Waals surface area contributed by atoms with E-state index in [1.807, 2.05) is 43.3 Å². The minimum Gasteiger partial charge on any atom is -0.492 e. The standard InChI is InChI=1S/C14H17N3O/c1-11-6-8-16-14(10-11)17-12-2-4-13(5-3-12)18-9-7-15/h2-6,8,10H,7,9,15H2,1H3,(H,16,17). The smallest absolute Gasteiger partial charge is 0.130 e. The molecule has 1 aromatic heterocycles. The summed E-state index contributed by atoms with van der Waals surface area (Å²) >= 11 is 0. The molecule has 0 atom stereocenters. The Kier molecular flexibility index (Phi) is 4.15. The van der Waals surface area contributed by atoms with Crippen molar-refractivity contribution in [1.29, 1.82) is 0 Å². The van der Waals surface area contributed by atoms with Gasteiger partial charge in [0.15, 0.2) is 0 Å². The van der Waals surface area contributed by atoms with Crippen LogP contribution in [0.3, 0.4) is 0 Å². The first kappa shape index (κ1) is 12.4. The fraction of sp³-hybridized carbons (Fsp3) is 0.214. The maximum Gasteiger partial charge on any atom is 0.130 e. The summed E-state index contributed by atoms with van der Waals surface area (Å²) in [5.74, 6) is 1.66. The van der Waals surface area contributed by atoms with Crippen LogP contribution in [-0.2, 0) is 0 Å². The molecule has 2 rings (SSSR count). The SMILES string of the molecule is Cc1ccnc(Nc2ccc(OCCN)cc2)c1. The van der Waals surface area contributed by atoms with Crippen molar-refractivity contribution in [2.75, 3.05) is 18.5 Å². The number of rotatable bonds is 5. The van der Waals surface area contributed by atoms with Crippen molar-refractivity contribution in [2.24, 2.45) is 5.73 Å². The number of aromatic nitrogens is 1. The summed E-state index contributed by atoms with van der Waals surface area (Å²) < 4.78 is 5.41. The summed E-state index contributed by atoms with van der Waals surface area (Å²) in [6.07, 6.45) is 1.79. The van der Waals surface area contributed by atoms with Gasteiger partial charge in [-0.15, -0.1) is 0 Å². The average Bonchev–Trinajstić information content (AvgIpc) is 2.38. The monoisotopic (exact) mass is 243 g/mol. The Hall–Kier alpha value is -2.07. The topological polar surface area (TPSA) is 60.2 Å². The molecule has 1 aromatic carbocycles. The van der Waals surface area contributed by atoms with E-state index in [4.69, 9.17) is 10.5 Å². The summed E-state index contributed by atoms with van der Waals surface area (Å²) in [6, 6.07) is 11.7. The van der Waals surface area contributed by atoms with Crippen LogP contribution in [0, 0.1) is 6.92 Å². The fourth-order valence-corrected chi connectivity index (χ4v) is 1.56. The van der Waals surface area contributed by atoms with Crippen LogP contribution in [0.4, 0.5) is 11.5 Å². The number of anilines is 2. The van der Waals surface area contributed by atoms with Gasteiger partial charge >= 0.3 is 0 Å². The third-order valence-corrected chi connectivity index (χ3v) is 2.43. The summed E-state index contributed by atoms with van der Waals surface area (Å²) in [4.78, 5) is 4.25. The highest BCUT2D eigenvalue weighted by atomic mass is 16.5. The number of aryl methyl sites for hydroxylation is 1. The first-order valence-corrected chi connectivity index (χ1v) is 5.90. The lowest BCUT2D eigenvalue weighted by Gasteiger charge is -2.08. The van der Waals surface area contributed by atoms with E-state index in [2.05, 4.69) is 10.3 Å². The molecular formula is C14H17N3O. The van der Waals surface area contributed by atoms with E-state index in [0.29, 0.717) is 13.2 Å². The molecule has 0 aliphatic heterocycles. The Morgan fingerprint density at radius 3 is 2.67 bits per heavy atom. The van der Waals surface area contributed by atoms with Gasteiger partial charge in [0.05, 0.1) is 0 Å². The minimum atomic E-state index is 0.521. The molecule has 0 aliphatic carbocycles. The lowest BCUT2D eigenvalue weighted by atomic mass is 10.2. The van der Waals surface area contributed by atoms with E-state index in [-0.39, 0.29) is 0 Å². The Balaban J connectivity index is 2.02. The van der Waals surface area contributed by atoms with Crippen LogP contribution >= 0.6 is 0 Å². The molecule has 3 N–H and O–H groups in total. The van der Waals surface area contributed by atoms with Gasteiger partial charge in [0.1, 0.15) is 18.2 Å². The quantitative estimate of drug-likeness (QED) is 0.847. The van der Waals surface area contributed by atoms with Crippen LogP contribution in [0.1, 0.15) is 5.56 Å². The zero-order valence-electron chi connectivity index (χ0n) is 10.4. The molecule has 0 amide bonds. The summed E-state index contributed by atoms with van der Waals surface area (Å²) in [7, 11) is 0. The van der Waals surface area contributed by atoms with Gasteiger partial charge in [0.2, 0.25) is 0 Å². The van der Waals surface area contributed by atoms with Crippen LogP contribution in [0.5, 0.6) is 5.75 Å². The Bertz CT molecular complexity index is 497. The first-order valence-electron chi connectivity index (χ1n) is 5.90. The van der Waals surface area contributed by atoms with Gasteiger partial charge in [-0.3, -0.25) is 0 Å². The predicted molar refractivity (Wildman–Crippen MR) is 73.2 cm³/mol. The van der Waals surface area contributed by atoms with Crippen LogP contribution < -0.4 is 15.8 Å². The highest BCUT2D eigenvalue weighted by molar-refractivity contribution is 5.57. The van der Waals surface area contributed by atoms with Gasteiger partial charge < -0.3 is 15.8 Å². The van der Waals surface area contributed by atoms with E-state index in [1.165, 1.54) is 5.56 Å². The lowest BCUT2D eigenvalue weighted by Crippen LogP contribution is -2.10. The number of ether oxygens (including phenoxy) is 1. The molecule has 4 heteroatoms. The van der Waals surface area contributed by atoms with Crippen molar-refractivity contribution < 1.29 is 4.74 Å². The number of nitrogens with one attached hydrogen (secondary N) is 1. The van der Waals surface area contributed by atoms with Crippen molar-refractivity contribution in [3.8, 4) is 5.75 Å². The number of hydrogen-bond acceptors (Lipinski definition) is 4. The maximum absolute atomic E-state index is 5.41. The molecular weight excluding hydrogens is 226 g/mol. The Morgan fingerprint density at radius 1 is 1.22 bits per heavy atom. The van der Waals surface area contributed by atoms with E-state index < -0.39 is 0 Å². The molecule has 1 heterocycles. The number of pyridine rings is 1. The molecule has 2 aromatic rings. The average molecular weight is 243 g/mol. The van der Waals surface area contributed by atoms with Gasteiger partial charge in [0, 0.05) is 18.4 Å². The normalized spacial score (nSPS) is 10.1. The van der Waals surface area contributed by atoms with Crippen molar-refractivity contribution in [1.82, 2.24) is 4.98 Å². The number of nitrogens with two attached hydrogens (primary N) is 1. The number of benzene rings is 1. The summed E-state index contributed by atoms with van der Waals surface area (Å²) in [6.45, 7) is 3.09. The summed E-state index contributed by atoms with van der Waals surface area (Å²) in [5.41, 5.74) is 7.53. The second-order valence-corrected chi connectivity index (χ2v) is 4.00. The second kappa shape index (κ2) is 6.02. The highest BCUT2D eigenvalue weighted by Gasteiger charge is 1.97. The van der Waals surface area contributed by atoms with E-state index in [9.17, 15) is 0 Å². The van der Waals surface area contributed by atoms with Gasteiger partial charge in [-0.25, -0.2) is 4.98 Å². The molecule has 0 saturated carbocycles. The van der Waals surface area contributed by atoms with E-state index in [0.717, 1.165) is 17.3 Å². The molecule has 0 radical (unpaired) electrons.